The quantitative estimate of drug-likeness (QED) is 0.149. The van der Waals surface area contributed by atoms with Crippen molar-refractivity contribution in [3.8, 4) is 22.5 Å². The van der Waals surface area contributed by atoms with Gasteiger partial charge in [0.05, 0.1) is 11.4 Å². The van der Waals surface area contributed by atoms with E-state index in [1.54, 1.807) is 11.1 Å². The number of benzene rings is 4. The van der Waals surface area contributed by atoms with Gasteiger partial charge in [0.15, 0.2) is 0 Å². The van der Waals surface area contributed by atoms with Crippen molar-refractivity contribution in [3.05, 3.63) is 106 Å². The first-order chi connectivity index (χ1) is 35.8. The Hall–Kier alpha value is -5.18. The van der Waals surface area contributed by atoms with Crippen LogP contribution in [0.1, 0.15) is 131 Å². The van der Waals surface area contributed by atoms with Crippen LogP contribution in [0.25, 0.3) is 44.3 Å². The van der Waals surface area contributed by atoms with Crippen molar-refractivity contribution in [1.29, 1.82) is 0 Å². The van der Waals surface area contributed by atoms with Crippen LogP contribution >= 0.6 is 23.2 Å². The van der Waals surface area contributed by atoms with Gasteiger partial charge in [0.1, 0.15) is 0 Å². The summed E-state index contributed by atoms with van der Waals surface area (Å²) in [6.07, 6.45) is 22.2. The smallest absolute Gasteiger partial charge is 0.368 e. The zero-order valence-corrected chi connectivity index (χ0v) is 44.5. The van der Waals surface area contributed by atoms with Crippen LogP contribution in [0.4, 0.5) is 11.4 Å². The number of aromatic nitrogens is 2. The molecule has 0 spiro atoms. The Morgan fingerprint density at radius 1 is 0.452 bits per heavy atom. The molecule has 73 heavy (non-hydrogen) atoms. The lowest BCUT2D eigenvalue weighted by atomic mass is 9.81. The molecule has 0 unspecified atom stereocenters. The minimum Gasteiger partial charge on any atom is -0.368 e. The molecule has 12 heteroatoms. The lowest BCUT2D eigenvalue weighted by Gasteiger charge is -2.31. The zero-order valence-electron chi connectivity index (χ0n) is 43.0. The molecule has 0 amide bonds. The predicted octanol–water partition coefficient (Wildman–Crippen LogP) is 13.8. The first-order valence-electron chi connectivity index (χ1n) is 27.6. The first-order valence-corrected chi connectivity index (χ1v) is 28.3. The summed E-state index contributed by atoms with van der Waals surface area (Å²) in [4.78, 5) is 43.0. The van der Waals surface area contributed by atoms with E-state index < -0.39 is 0 Å². The molecule has 4 fully saturated rings. The molecule has 10 nitrogen and oxygen atoms in total. The fraction of sp³-hybridized carbons (Fsp3) is 0.508. The highest BCUT2D eigenvalue weighted by molar-refractivity contribution is 6.31. The fourth-order valence-electron chi connectivity index (χ4n) is 13.4. The van der Waals surface area contributed by atoms with Gasteiger partial charge in [-0.05, 0) is 162 Å². The van der Waals surface area contributed by atoms with Gasteiger partial charge in [-0.2, -0.15) is 19.2 Å². The third-order valence-electron chi connectivity index (χ3n) is 16.9. The largest absolute Gasteiger partial charge is 0.373 e. The molecule has 386 valence electrons. The van der Waals surface area contributed by atoms with Crippen molar-refractivity contribution in [2.45, 2.75) is 135 Å². The highest BCUT2D eigenvalue weighted by Crippen LogP contribution is 2.50. The van der Waals surface area contributed by atoms with Crippen molar-refractivity contribution in [3.63, 3.8) is 0 Å². The number of nitrogens with zero attached hydrogens (tertiary/aromatic N) is 6. The highest BCUT2D eigenvalue weighted by Gasteiger charge is 2.33. The van der Waals surface area contributed by atoms with E-state index in [9.17, 15) is 0 Å². The number of fused-ring (bicyclic) bond motifs is 10. The van der Waals surface area contributed by atoms with Crippen molar-refractivity contribution < 1.29 is 19.2 Å². The number of carbonyl (C=O) groups excluding carboxylic acids is 4. The minimum absolute atomic E-state index is 0.250. The minimum atomic E-state index is 0.250. The molecular weight excluding hydrogens is 952 g/mol. The molecule has 12 rings (SSSR count). The van der Waals surface area contributed by atoms with Crippen molar-refractivity contribution >= 4 is 68.7 Å². The van der Waals surface area contributed by atoms with E-state index in [0.29, 0.717) is 11.8 Å². The molecule has 6 heterocycles. The van der Waals surface area contributed by atoms with Crippen LogP contribution in [0, 0.1) is 6.92 Å². The van der Waals surface area contributed by atoms with E-state index >= 15 is 0 Å². The number of para-hydroxylation sites is 1. The fourth-order valence-corrected chi connectivity index (χ4v) is 13.8. The summed E-state index contributed by atoms with van der Waals surface area (Å²) in [6.45, 7) is 15.9. The first kappa shape index (κ1) is 52.7. The SMILES string of the molecule is Cc1ccc2c(C3CCCCC3)c3n(c2c1)CCN(CCN1CCCCC1)c1cc(Cl)ccc1-3.Clc1ccc2c(c1)N(CCN1CCCCC1)CCn1c-2c(C2CCCCC2)c2ccccc21.O=C=O.O=C=O. The molecule has 2 saturated heterocycles. The summed E-state index contributed by atoms with van der Waals surface area (Å²) in [7, 11) is 0. The third kappa shape index (κ3) is 12.0. The van der Waals surface area contributed by atoms with Crippen molar-refractivity contribution in [2.75, 3.05) is 75.2 Å². The predicted molar refractivity (Wildman–Crippen MR) is 296 cm³/mol. The van der Waals surface area contributed by atoms with Gasteiger partial charge in [-0.25, -0.2) is 0 Å². The van der Waals surface area contributed by atoms with Gasteiger partial charge in [-0.15, -0.1) is 0 Å². The molecule has 2 aliphatic carbocycles. The number of hydrogen-bond donors (Lipinski definition) is 0. The van der Waals surface area contributed by atoms with Gasteiger partial charge in [0.2, 0.25) is 0 Å². The molecular formula is C61H74Cl2N6O4. The van der Waals surface area contributed by atoms with Gasteiger partial charge in [-0.1, -0.05) is 105 Å². The average Bonchev–Trinajstić information content (AvgIpc) is 3.80. The molecule has 2 saturated carbocycles. The summed E-state index contributed by atoms with van der Waals surface area (Å²) < 4.78 is 5.28. The Morgan fingerprint density at radius 3 is 1.36 bits per heavy atom. The maximum absolute atomic E-state index is 8.12. The number of anilines is 2. The van der Waals surface area contributed by atoms with Crippen LogP contribution in [-0.4, -0.2) is 96.7 Å². The third-order valence-corrected chi connectivity index (χ3v) is 17.3. The Kier molecular flexibility index (Phi) is 18.3. The van der Waals surface area contributed by atoms with Crippen molar-refractivity contribution in [1.82, 2.24) is 18.9 Å². The molecule has 0 bridgehead atoms. The molecule has 4 aromatic carbocycles. The normalized spacial score (nSPS) is 18.5. The summed E-state index contributed by atoms with van der Waals surface area (Å²) in [6, 6.07) is 29.5. The Labute approximate surface area is 442 Å². The number of halogens is 2. The molecule has 6 aromatic rings. The van der Waals surface area contributed by atoms with Crippen molar-refractivity contribution in [2.24, 2.45) is 0 Å². The number of likely N-dealkylation sites (tertiary alicyclic amines) is 2. The lowest BCUT2D eigenvalue weighted by molar-refractivity contribution is -0.193. The summed E-state index contributed by atoms with van der Waals surface area (Å²) in [5, 5.41) is 4.65. The van der Waals surface area contributed by atoms with E-state index in [-0.39, 0.29) is 12.3 Å². The molecule has 0 radical (unpaired) electrons. The lowest BCUT2D eigenvalue weighted by Crippen LogP contribution is -2.38. The summed E-state index contributed by atoms with van der Waals surface area (Å²) in [5.41, 5.74) is 15.8. The molecule has 0 atom stereocenters. The topological polar surface area (TPSA) is 91.1 Å². The van der Waals surface area contributed by atoms with E-state index in [1.807, 2.05) is 0 Å². The maximum Gasteiger partial charge on any atom is 0.373 e. The van der Waals surface area contributed by atoms with E-state index in [0.717, 1.165) is 62.4 Å². The molecule has 2 aromatic heterocycles. The number of aryl methyl sites for hydroxylation is 1. The van der Waals surface area contributed by atoms with Gasteiger partial charge < -0.3 is 28.7 Å². The molecule has 0 N–H and O–H groups in total. The van der Waals surface area contributed by atoms with Crippen LogP contribution in [0.15, 0.2) is 78.9 Å². The Morgan fingerprint density at radius 2 is 0.877 bits per heavy atom. The number of piperidine rings is 2. The monoisotopic (exact) mass is 1020 g/mol. The molecule has 4 aliphatic heterocycles. The van der Waals surface area contributed by atoms with Crippen LogP contribution in [0.3, 0.4) is 0 Å². The van der Waals surface area contributed by atoms with Crippen LogP contribution in [0.5, 0.6) is 0 Å². The van der Waals surface area contributed by atoms with Crippen LogP contribution in [0.2, 0.25) is 10.0 Å². The van der Waals surface area contributed by atoms with Crippen LogP contribution in [-0.2, 0) is 32.3 Å². The summed E-state index contributed by atoms with van der Waals surface area (Å²) >= 11 is 13.2. The maximum atomic E-state index is 8.12. The molecule has 6 aliphatic rings. The second-order valence-corrected chi connectivity index (χ2v) is 22.2. The summed E-state index contributed by atoms with van der Waals surface area (Å²) in [5.74, 6) is 1.34. The number of rotatable bonds is 8. The van der Waals surface area contributed by atoms with Gasteiger partial charge in [-0.3, -0.25) is 0 Å². The van der Waals surface area contributed by atoms with E-state index in [1.165, 1.54) is 190 Å². The van der Waals surface area contributed by atoms with Gasteiger partial charge >= 0.3 is 12.3 Å². The van der Waals surface area contributed by atoms with E-state index in [2.05, 4.69) is 115 Å². The van der Waals surface area contributed by atoms with E-state index in [4.69, 9.17) is 42.4 Å². The average molecular weight is 1030 g/mol. The zero-order chi connectivity index (χ0) is 50.7. The standard InChI is InChI=1S/C30H38ClN3.C29H36ClN3.2CO2/c1-22-10-12-25-28(20-22)34-19-18-33(17-16-32-14-6-3-7-15-32)27-21-24(31)11-13-26(27)30(34)29(25)23-8-4-2-5-9-23;30-23-13-14-25-27(21-23)32(18-17-31-15-7-2-8-16-31)19-20-33-26-12-6-5-11-24(26)28(29(25)33)22-9-3-1-4-10-22;2*2-1-3/h10-13,20-21,23H,2-9,14-19H2,1H3;5-6,11-14,21-22H,1-4,7-10,15-20H2;;. The second-order valence-electron chi connectivity index (χ2n) is 21.3. The Balaban J connectivity index is 0.000000163. The highest BCUT2D eigenvalue weighted by atomic mass is 35.5. The van der Waals surface area contributed by atoms with Gasteiger partial charge in [0, 0.05) is 107 Å². The Bertz CT molecular complexity index is 2860. The number of hydrogen-bond acceptors (Lipinski definition) is 8. The second kappa shape index (κ2) is 25.4. The van der Waals surface area contributed by atoms with Crippen LogP contribution < -0.4 is 9.80 Å². The van der Waals surface area contributed by atoms with Gasteiger partial charge in [0.25, 0.3) is 0 Å².